The van der Waals surface area contributed by atoms with Crippen molar-refractivity contribution in [3.05, 3.63) is 0 Å². The predicted octanol–water partition coefficient (Wildman–Crippen LogP) is -1.58. The van der Waals surface area contributed by atoms with Crippen LogP contribution in [0.4, 0.5) is 0 Å². The molecule has 0 aliphatic heterocycles. The average Bonchev–Trinajstić information content (AvgIpc) is 1.12. The molecule has 9 nitrogen and oxygen atoms in total. The smallest absolute Gasteiger partial charge is 1.00 e. The van der Waals surface area contributed by atoms with E-state index in [0.717, 1.165) is 0 Å². The molecule has 76 valence electrons. The van der Waals surface area contributed by atoms with Crippen LogP contribution in [0.1, 0.15) is 2.85 Å². The number of rotatable bonds is 0. The van der Waals surface area contributed by atoms with E-state index in [1.54, 1.807) is 0 Å². The van der Waals surface area contributed by atoms with E-state index in [4.69, 9.17) is 36.8 Å². The van der Waals surface area contributed by atoms with E-state index >= 15 is 0 Å². The van der Waals surface area contributed by atoms with Gasteiger partial charge in [-0.2, -0.15) is 8.42 Å². The van der Waals surface area contributed by atoms with Crippen LogP contribution in [0.5, 0.6) is 0 Å². The van der Waals surface area contributed by atoms with Crippen LogP contribution in [-0.4, -0.2) is 55.3 Å². The summed E-state index contributed by atoms with van der Waals surface area (Å²) in [6.45, 7) is 0. The van der Waals surface area contributed by atoms with Crippen LogP contribution in [0.25, 0.3) is 0 Å². The summed E-state index contributed by atoms with van der Waals surface area (Å²) in [6.07, 6.45) is 0. The van der Waals surface area contributed by atoms with Crippen molar-refractivity contribution in [1.82, 2.24) is 6.15 Å². The van der Waals surface area contributed by atoms with Crippen LogP contribution >= 0.6 is 7.82 Å². The van der Waals surface area contributed by atoms with Gasteiger partial charge in [-0.15, -0.1) is 0 Å². The van der Waals surface area contributed by atoms with Crippen molar-refractivity contribution in [3.8, 4) is 0 Å². The second-order valence-electron chi connectivity index (χ2n) is 0.961. The largest absolute Gasteiger partial charge is 2.00 e. The average molecular weight is 239 g/mol. The second-order valence-corrected chi connectivity index (χ2v) is 2.88. The first-order valence-electron chi connectivity index (χ1n) is 1.48. The molecule has 0 aromatic carbocycles. The van der Waals surface area contributed by atoms with E-state index in [-0.39, 0.29) is 32.1 Å². The molecule has 0 saturated carbocycles. The summed E-state index contributed by atoms with van der Waals surface area (Å²) in [7, 11) is -9.31. The van der Waals surface area contributed by atoms with E-state index in [1.165, 1.54) is 0 Å². The van der Waals surface area contributed by atoms with Crippen LogP contribution in [0, 0.1) is 0 Å². The van der Waals surface area contributed by atoms with Crippen molar-refractivity contribution in [1.29, 1.82) is 0 Å². The third kappa shape index (κ3) is 2020. The topological polar surface area (TPSA) is 187 Å². The molecule has 0 aliphatic rings. The molecule has 0 saturated heterocycles. The molecule has 0 bridgehead atoms. The van der Waals surface area contributed by atoms with Gasteiger partial charge in [0.1, 0.15) is 0 Å². The van der Waals surface area contributed by atoms with Crippen LogP contribution in [0.3, 0.4) is 0 Å². The van der Waals surface area contributed by atoms with Crippen molar-refractivity contribution in [2.24, 2.45) is 0 Å². The quantitative estimate of drug-likeness (QED) is 0.165. The summed E-state index contributed by atoms with van der Waals surface area (Å²) in [6, 6.07) is 0. The Morgan fingerprint density at radius 3 is 1.08 bits per heavy atom. The van der Waals surface area contributed by atoms with Gasteiger partial charge in [-0.1, -0.05) is 0 Å². The summed E-state index contributed by atoms with van der Waals surface area (Å²) < 4.78 is 40.5. The summed E-state index contributed by atoms with van der Waals surface area (Å²) in [5.41, 5.74) is 0. The fourth-order valence-corrected chi connectivity index (χ4v) is 0. The van der Waals surface area contributed by atoms with Gasteiger partial charge in [0.2, 0.25) is 0 Å². The van der Waals surface area contributed by atoms with Gasteiger partial charge in [0, 0.05) is 0 Å². The van der Waals surface area contributed by atoms with E-state index in [9.17, 15) is 0 Å². The Labute approximate surface area is 87.3 Å². The maximum atomic E-state index is 8.88. The van der Waals surface area contributed by atoms with Crippen LogP contribution in [0.2, 0.25) is 0 Å². The Kier molecular flexibility index (Phi) is 15.9. The first kappa shape index (κ1) is 23.0. The van der Waals surface area contributed by atoms with Gasteiger partial charge < -0.3 is 23.7 Å². The van der Waals surface area contributed by atoms with Crippen molar-refractivity contribution in [2.75, 3.05) is 0 Å². The van der Waals surface area contributed by atoms with Gasteiger partial charge in [-0.25, -0.2) is 4.57 Å². The Morgan fingerprint density at radius 2 is 1.08 bits per heavy atom. The SMILES string of the molecule is N.O=P(O)(O)O.O=S(=O)(O)O.[H-].[H-].[Mg+2]. The molecular weight excluding hydrogens is 229 g/mol. The van der Waals surface area contributed by atoms with Crippen LogP contribution in [0.15, 0.2) is 0 Å². The monoisotopic (exact) mass is 239 g/mol. The summed E-state index contributed by atoms with van der Waals surface area (Å²) in [5.74, 6) is 0. The molecule has 0 radical (unpaired) electrons. The molecule has 12 heteroatoms. The van der Waals surface area contributed by atoms with Crippen LogP contribution in [-0.2, 0) is 15.0 Å². The van der Waals surface area contributed by atoms with Gasteiger partial charge in [0.25, 0.3) is 0 Å². The molecule has 0 fully saturated rings. The van der Waals surface area contributed by atoms with E-state index in [0.29, 0.717) is 0 Å². The minimum Gasteiger partial charge on any atom is -1.00 e. The first-order valence-corrected chi connectivity index (χ1v) is 4.44. The first-order chi connectivity index (χ1) is 4.00. The third-order valence-electron chi connectivity index (χ3n) is 0. The molecule has 12 heavy (non-hydrogen) atoms. The molecule has 8 N–H and O–H groups in total. The Morgan fingerprint density at radius 1 is 1.08 bits per heavy atom. The Bertz CT molecular complexity index is 205. The standard InChI is InChI=1S/Mg.H3N.H3O4P.H2O4S.2H/c;;2*1-5(2,3)4;;/h;1H3;(H3,1,2,3,4);(H2,1,2,3,4);;/q+2;;;;2*-1. The van der Waals surface area contributed by atoms with Crippen molar-refractivity contribution in [3.63, 3.8) is 0 Å². The number of phosphoric acid groups is 1. The van der Waals surface area contributed by atoms with E-state index in [2.05, 4.69) is 0 Å². The van der Waals surface area contributed by atoms with Gasteiger partial charge >= 0.3 is 41.3 Å². The molecular formula is H10MgNO8PS. The minimum absolute atomic E-state index is 0. The zero-order valence-corrected chi connectivity index (χ0v) is 8.86. The van der Waals surface area contributed by atoms with Gasteiger partial charge in [-0.05, 0) is 0 Å². The third-order valence-corrected chi connectivity index (χ3v) is 0. The fourth-order valence-electron chi connectivity index (χ4n) is 0. The Balaban J connectivity index is -0.0000000178. The number of hydrogen-bond acceptors (Lipinski definition) is 4. The summed E-state index contributed by atoms with van der Waals surface area (Å²) in [5, 5.41) is 0. The second kappa shape index (κ2) is 8.31. The Hall–Kier alpha value is 0.706. The van der Waals surface area contributed by atoms with Crippen molar-refractivity contribution >= 4 is 41.3 Å². The van der Waals surface area contributed by atoms with Crippen molar-refractivity contribution in [2.45, 2.75) is 0 Å². The normalized spacial score (nSPS) is 9.75. The molecule has 0 unspecified atom stereocenters. The molecule has 0 aliphatic carbocycles. The molecule has 0 amide bonds. The van der Waals surface area contributed by atoms with E-state index < -0.39 is 18.2 Å². The zero-order valence-electron chi connectivity index (χ0n) is 7.73. The van der Waals surface area contributed by atoms with Crippen molar-refractivity contribution < 1.29 is 39.6 Å². The zero-order chi connectivity index (χ0) is 9.00. The summed E-state index contributed by atoms with van der Waals surface area (Å²) >= 11 is 0. The fraction of sp³-hybridized carbons (Fsp3) is 0. The van der Waals surface area contributed by atoms with Gasteiger partial charge in [0.15, 0.2) is 0 Å². The predicted molar refractivity (Wildman–Crippen MR) is 41.4 cm³/mol. The van der Waals surface area contributed by atoms with Gasteiger partial charge in [0.05, 0.1) is 0 Å². The minimum atomic E-state index is -4.67. The van der Waals surface area contributed by atoms with E-state index in [1.807, 2.05) is 0 Å². The molecule has 0 aromatic rings. The van der Waals surface area contributed by atoms with Gasteiger partial charge in [-0.3, -0.25) is 9.11 Å². The molecule has 0 rings (SSSR count). The van der Waals surface area contributed by atoms with Crippen LogP contribution < -0.4 is 6.15 Å². The maximum Gasteiger partial charge on any atom is 2.00 e. The molecule has 0 aromatic heterocycles. The molecule has 0 spiro atoms. The summed E-state index contributed by atoms with van der Waals surface area (Å²) in [4.78, 5) is 21.6. The number of hydrogen-bond donors (Lipinski definition) is 6. The molecule has 0 heterocycles. The molecule has 0 atom stereocenters. The maximum absolute atomic E-state index is 8.88.